The molecule has 0 saturated carbocycles. The Bertz CT molecular complexity index is 879. The fourth-order valence-electron chi connectivity index (χ4n) is 2.22. The van der Waals surface area contributed by atoms with Crippen LogP contribution in [0.1, 0.15) is 0 Å². The SMILES string of the molecule is COc1cccc(-c2nnn(CC(=O)N(C)c3ccc(F)cc3)n2)c1. The Morgan fingerprint density at radius 3 is 2.72 bits per heavy atom. The van der Waals surface area contributed by atoms with Gasteiger partial charge in [-0.3, -0.25) is 4.79 Å². The number of carbonyl (C=O) groups is 1. The molecule has 2 aromatic carbocycles. The Labute approximate surface area is 143 Å². The molecule has 8 heteroatoms. The number of amides is 1. The van der Waals surface area contributed by atoms with Gasteiger partial charge in [-0.2, -0.15) is 4.80 Å². The van der Waals surface area contributed by atoms with Crippen LogP contribution >= 0.6 is 0 Å². The normalized spacial score (nSPS) is 10.5. The van der Waals surface area contributed by atoms with E-state index < -0.39 is 0 Å². The second-order valence-electron chi connectivity index (χ2n) is 5.30. The first-order valence-corrected chi connectivity index (χ1v) is 7.51. The number of likely N-dealkylation sites (N-methyl/N-ethyl adjacent to an activating group) is 1. The molecule has 1 aromatic heterocycles. The minimum atomic E-state index is -0.356. The molecule has 7 nitrogen and oxygen atoms in total. The zero-order valence-corrected chi connectivity index (χ0v) is 13.8. The van der Waals surface area contributed by atoms with E-state index in [1.807, 2.05) is 18.2 Å². The molecule has 0 aliphatic heterocycles. The molecule has 3 rings (SSSR count). The van der Waals surface area contributed by atoms with Gasteiger partial charge in [-0.25, -0.2) is 4.39 Å². The highest BCUT2D eigenvalue weighted by Gasteiger charge is 2.14. The van der Waals surface area contributed by atoms with Crippen LogP contribution in [0.3, 0.4) is 0 Å². The molecule has 0 aliphatic carbocycles. The number of aromatic nitrogens is 4. The number of methoxy groups -OCH3 is 1. The van der Waals surface area contributed by atoms with E-state index in [-0.39, 0.29) is 18.3 Å². The number of tetrazole rings is 1. The van der Waals surface area contributed by atoms with Crippen molar-refractivity contribution in [3.63, 3.8) is 0 Å². The number of hydrogen-bond donors (Lipinski definition) is 0. The monoisotopic (exact) mass is 341 g/mol. The third-order valence-corrected chi connectivity index (χ3v) is 3.65. The third kappa shape index (κ3) is 3.79. The van der Waals surface area contributed by atoms with Gasteiger partial charge in [0.2, 0.25) is 11.7 Å². The van der Waals surface area contributed by atoms with E-state index in [1.54, 1.807) is 20.2 Å². The molecule has 128 valence electrons. The maximum Gasteiger partial charge on any atom is 0.250 e. The summed E-state index contributed by atoms with van der Waals surface area (Å²) in [6, 6.07) is 12.9. The molecular weight excluding hydrogens is 325 g/mol. The minimum Gasteiger partial charge on any atom is -0.497 e. The number of nitrogens with zero attached hydrogens (tertiary/aromatic N) is 5. The summed E-state index contributed by atoms with van der Waals surface area (Å²) in [4.78, 5) is 15.0. The lowest BCUT2D eigenvalue weighted by Gasteiger charge is -2.16. The van der Waals surface area contributed by atoms with Crippen molar-refractivity contribution in [1.29, 1.82) is 0 Å². The van der Waals surface area contributed by atoms with Gasteiger partial charge in [-0.15, -0.1) is 10.2 Å². The Morgan fingerprint density at radius 2 is 2.00 bits per heavy atom. The molecule has 0 fully saturated rings. The van der Waals surface area contributed by atoms with Gasteiger partial charge in [-0.1, -0.05) is 12.1 Å². The van der Waals surface area contributed by atoms with Crippen molar-refractivity contribution in [2.45, 2.75) is 6.54 Å². The highest BCUT2D eigenvalue weighted by molar-refractivity contribution is 5.92. The van der Waals surface area contributed by atoms with Crippen LogP contribution in [0.15, 0.2) is 48.5 Å². The molecule has 0 saturated heterocycles. The van der Waals surface area contributed by atoms with Gasteiger partial charge >= 0.3 is 0 Å². The van der Waals surface area contributed by atoms with Crippen molar-refractivity contribution >= 4 is 11.6 Å². The van der Waals surface area contributed by atoms with E-state index in [1.165, 1.54) is 34.0 Å². The zero-order chi connectivity index (χ0) is 17.8. The molecule has 1 heterocycles. The molecule has 25 heavy (non-hydrogen) atoms. The van der Waals surface area contributed by atoms with E-state index in [9.17, 15) is 9.18 Å². The standard InChI is InChI=1S/C17H16FN5O2/c1-22(14-8-6-13(18)7-9-14)16(24)11-23-20-17(19-21-23)12-4-3-5-15(10-12)25-2/h3-10H,11H2,1-2H3. The van der Waals surface area contributed by atoms with E-state index in [0.717, 1.165) is 5.56 Å². The van der Waals surface area contributed by atoms with Gasteiger partial charge in [0.25, 0.3) is 0 Å². The molecule has 0 radical (unpaired) electrons. The van der Waals surface area contributed by atoms with Gasteiger partial charge in [0, 0.05) is 18.3 Å². The van der Waals surface area contributed by atoms with Gasteiger partial charge < -0.3 is 9.64 Å². The number of rotatable bonds is 5. The predicted molar refractivity (Wildman–Crippen MR) is 89.6 cm³/mol. The number of hydrogen-bond acceptors (Lipinski definition) is 5. The molecule has 0 bridgehead atoms. The van der Waals surface area contributed by atoms with Crippen molar-refractivity contribution in [2.75, 3.05) is 19.1 Å². The maximum absolute atomic E-state index is 13.0. The summed E-state index contributed by atoms with van der Waals surface area (Å²) < 4.78 is 18.1. The summed E-state index contributed by atoms with van der Waals surface area (Å²) in [5, 5.41) is 12.1. The van der Waals surface area contributed by atoms with Crippen LogP contribution < -0.4 is 9.64 Å². The van der Waals surface area contributed by atoms with Gasteiger partial charge in [0.15, 0.2) is 0 Å². The van der Waals surface area contributed by atoms with Gasteiger partial charge in [-0.05, 0) is 41.6 Å². The summed E-state index contributed by atoms with van der Waals surface area (Å²) in [6.07, 6.45) is 0. The molecule has 1 amide bonds. The van der Waals surface area contributed by atoms with Crippen LogP contribution in [0.4, 0.5) is 10.1 Å². The van der Waals surface area contributed by atoms with Crippen LogP contribution in [0, 0.1) is 5.82 Å². The van der Waals surface area contributed by atoms with E-state index >= 15 is 0 Å². The van der Waals surface area contributed by atoms with Crippen LogP contribution in [-0.2, 0) is 11.3 Å². The summed E-state index contributed by atoms with van der Waals surface area (Å²) in [5.41, 5.74) is 1.32. The van der Waals surface area contributed by atoms with Crippen molar-refractivity contribution in [2.24, 2.45) is 0 Å². The quantitative estimate of drug-likeness (QED) is 0.711. The maximum atomic E-state index is 13.0. The van der Waals surface area contributed by atoms with Crippen LogP contribution in [0.5, 0.6) is 5.75 Å². The highest BCUT2D eigenvalue weighted by Crippen LogP contribution is 2.20. The molecule has 0 spiro atoms. The lowest BCUT2D eigenvalue weighted by Crippen LogP contribution is -2.30. The summed E-state index contributed by atoms with van der Waals surface area (Å²) >= 11 is 0. The Morgan fingerprint density at radius 1 is 1.24 bits per heavy atom. The van der Waals surface area contributed by atoms with E-state index in [4.69, 9.17) is 4.74 Å². The van der Waals surface area contributed by atoms with Crippen molar-refractivity contribution in [1.82, 2.24) is 20.2 Å². The first kappa shape index (κ1) is 16.6. The number of anilines is 1. The molecule has 0 aliphatic rings. The summed E-state index contributed by atoms with van der Waals surface area (Å²) in [5.74, 6) is 0.476. The van der Waals surface area contributed by atoms with E-state index in [2.05, 4.69) is 15.4 Å². The van der Waals surface area contributed by atoms with Crippen LogP contribution in [-0.4, -0.2) is 40.3 Å². The van der Waals surface area contributed by atoms with Crippen molar-refractivity contribution < 1.29 is 13.9 Å². The number of carbonyl (C=O) groups excluding carboxylic acids is 1. The van der Waals surface area contributed by atoms with Crippen molar-refractivity contribution in [3.05, 3.63) is 54.3 Å². The third-order valence-electron chi connectivity index (χ3n) is 3.65. The fourth-order valence-corrected chi connectivity index (χ4v) is 2.22. The smallest absolute Gasteiger partial charge is 0.250 e. The first-order valence-electron chi connectivity index (χ1n) is 7.51. The van der Waals surface area contributed by atoms with Gasteiger partial charge in [0.05, 0.1) is 7.11 Å². The van der Waals surface area contributed by atoms with Crippen molar-refractivity contribution in [3.8, 4) is 17.1 Å². The second-order valence-corrected chi connectivity index (χ2v) is 5.30. The molecule has 0 N–H and O–H groups in total. The number of benzene rings is 2. The fraction of sp³-hybridized carbons (Fsp3) is 0.176. The topological polar surface area (TPSA) is 73.1 Å². The lowest BCUT2D eigenvalue weighted by atomic mass is 10.2. The minimum absolute atomic E-state index is 0.0785. The second kappa shape index (κ2) is 7.08. The zero-order valence-electron chi connectivity index (χ0n) is 13.8. The van der Waals surface area contributed by atoms with Gasteiger partial charge in [0.1, 0.15) is 18.1 Å². The Hall–Kier alpha value is -3.29. The molecular formula is C17H16FN5O2. The number of halogens is 1. The molecule has 0 atom stereocenters. The van der Waals surface area contributed by atoms with Crippen LogP contribution in [0.2, 0.25) is 0 Å². The first-order chi connectivity index (χ1) is 12.1. The number of ether oxygens (including phenoxy) is 1. The summed E-state index contributed by atoms with van der Waals surface area (Å²) in [7, 11) is 3.18. The Balaban J connectivity index is 1.72. The average Bonchev–Trinajstić information content (AvgIpc) is 3.10. The van der Waals surface area contributed by atoms with Crippen LogP contribution in [0.25, 0.3) is 11.4 Å². The molecule has 0 unspecified atom stereocenters. The average molecular weight is 341 g/mol. The lowest BCUT2D eigenvalue weighted by molar-refractivity contribution is -0.119. The Kier molecular flexibility index (Phi) is 4.69. The predicted octanol–water partition coefficient (Wildman–Crippen LogP) is 2.15. The highest BCUT2D eigenvalue weighted by atomic mass is 19.1. The molecule has 3 aromatic rings. The largest absolute Gasteiger partial charge is 0.497 e. The van der Waals surface area contributed by atoms with E-state index in [0.29, 0.717) is 17.3 Å². The summed E-state index contributed by atoms with van der Waals surface area (Å²) in [6.45, 7) is -0.0785.